The molecule has 1 N–H and O–H groups in total. The minimum atomic E-state index is -0.795. The van der Waals surface area contributed by atoms with E-state index in [0.29, 0.717) is 11.0 Å². The molecule has 1 atom stereocenters. The summed E-state index contributed by atoms with van der Waals surface area (Å²) in [4.78, 5) is 12.2. The Labute approximate surface area is 149 Å². The Balaban J connectivity index is 1.63. The zero-order valence-corrected chi connectivity index (χ0v) is 14.8. The van der Waals surface area contributed by atoms with Gasteiger partial charge in [-0.2, -0.15) is 5.26 Å². The second-order valence-corrected chi connectivity index (χ2v) is 7.24. The average molecular weight is 359 g/mol. The number of rotatable bonds is 6. The highest BCUT2D eigenvalue weighted by molar-refractivity contribution is 7.99. The molecule has 3 rings (SSSR count). The number of nitrogens with zero attached hydrogens (tertiary/aromatic N) is 4. The SMILES string of the molecule is Cn1c(SCC(=O)NC(C)(C#N)C2CC2)nnc1-c1ccc(F)cc1. The minimum Gasteiger partial charge on any atom is -0.337 e. The molecule has 1 aliphatic rings. The van der Waals surface area contributed by atoms with E-state index in [4.69, 9.17) is 0 Å². The second kappa shape index (κ2) is 6.84. The summed E-state index contributed by atoms with van der Waals surface area (Å²) < 4.78 is 14.8. The summed E-state index contributed by atoms with van der Waals surface area (Å²) in [5.41, 5.74) is -0.0462. The number of amides is 1. The molecular formula is C17H18FN5OS. The summed E-state index contributed by atoms with van der Waals surface area (Å²) in [5, 5.41) is 20.9. The van der Waals surface area contributed by atoms with Crippen molar-refractivity contribution in [3.8, 4) is 17.5 Å². The first-order valence-electron chi connectivity index (χ1n) is 7.93. The van der Waals surface area contributed by atoms with E-state index in [9.17, 15) is 14.4 Å². The quantitative estimate of drug-likeness (QED) is 0.801. The number of nitrogens with one attached hydrogen (secondary N) is 1. The van der Waals surface area contributed by atoms with Crippen LogP contribution in [0.15, 0.2) is 29.4 Å². The zero-order chi connectivity index (χ0) is 18.0. The van der Waals surface area contributed by atoms with E-state index in [1.54, 1.807) is 30.7 Å². The molecule has 1 fully saturated rings. The van der Waals surface area contributed by atoms with Crippen molar-refractivity contribution < 1.29 is 9.18 Å². The van der Waals surface area contributed by atoms with Crippen molar-refractivity contribution in [1.29, 1.82) is 5.26 Å². The van der Waals surface area contributed by atoms with Crippen LogP contribution in [0.1, 0.15) is 19.8 Å². The van der Waals surface area contributed by atoms with Gasteiger partial charge in [-0.15, -0.1) is 10.2 Å². The number of carbonyl (C=O) groups is 1. The van der Waals surface area contributed by atoms with E-state index in [1.165, 1.54) is 23.9 Å². The zero-order valence-electron chi connectivity index (χ0n) is 14.0. The molecule has 0 saturated heterocycles. The first kappa shape index (κ1) is 17.4. The number of benzene rings is 1. The van der Waals surface area contributed by atoms with Gasteiger partial charge in [0.05, 0.1) is 11.8 Å². The van der Waals surface area contributed by atoms with E-state index < -0.39 is 5.54 Å². The molecule has 8 heteroatoms. The van der Waals surface area contributed by atoms with Gasteiger partial charge in [0.2, 0.25) is 5.91 Å². The van der Waals surface area contributed by atoms with Crippen LogP contribution < -0.4 is 5.32 Å². The molecule has 6 nitrogen and oxygen atoms in total. The van der Waals surface area contributed by atoms with Crippen LogP contribution in [0, 0.1) is 23.1 Å². The lowest BCUT2D eigenvalue weighted by Gasteiger charge is -2.22. The Morgan fingerprint density at radius 3 is 2.72 bits per heavy atom. The largest absolute Gasteiger partial charge is 0.337 e. The molecule has 1 unspecified atom stereocenters. The fraction of sp³-hybridized carbons (Fsp3) is 0.412. The first-order valence-corrected chi connectivity index (χ1v) is 8.92. The maximum atomic E-state index is 13.0. The molecule has 25 heavy (non-hydrogen) atoms. The smallest absolute Gasteiger partial charge is 0.231 e. The Kier molecular flexibility index (Phi) is 4.77. The number of hydrogen-bond donors (Lipinski definition) is 1. The minimum absolute atomic E-state index is 0.152. The second-order valence-electron chi connectivity index (χ2n) is 6.30. The molecule has 1 aromatic carbocycles. The van der Waals surface area contributed by atoms with Crippen molar-refractivity contribution in [3.05, 3.63) is 30.1 Å². The topological polar surface area (TPSA) is 83.6 Å². The first-order chi connectivity index (χ1) is 11.9. The van der Waals surface area contributed by atoms with E-state index in [0.717, 1.165) is 18.4 Å². The third kappa shape index (κ3) is 3.82. The average Bonchev–Trinajstić information content (AvgIpc) is 3.39. The molecule has 0 radical (unpaired) electrons. The van der Waals surface area contributed by atoms with E-state index in [2.05, 4.69) is 21.6 Å². The number of thioether (sulfide) groups is 1. The van der Waals surface area contributed by atoms with Gasteiger partial charge in [-0.3, -0.25) is 4.79 Å². The van der Waals surface area contributed by atoms with Gasteiger partial charge in [0.25, 0.3) is 0 Å². The highest BCUT2D eigenvalue weighted by atomic mass is 32.2. The van der Waals surface area contributed by atoms with Gasteiger partial charge in [-0.1, -0.05) is 11.8 Å². The van der Waals surface area contributed by atoms with Gasteiger partial charge in [-0.05, 0) is 49.9 Å². The van der Waals surface area contributed by atoms with Gasteiger partial charge in [0.1, 0.15) is 11.4 Å². The lowest BCUT2D eigenvalue weighted by atomic mass is 9.98. The van der Waals surface area contributed by atoms with Gasteiger partial charge in [0, 0.05) is 12.6 Å². The van der Waals surface area contributed by atoms with Crippen LogP contribution in [0.25, 0.3) is 11.4 Å². The van der Waals surface area contributed by atoms with E-state index in [-0.39, 0.29) is 23.4 Å². The van der Waals surface area contributed by atoms with E-state index >= 15 is 0 Å². The molecule has 0 bridgehead atoms. The fourth-order valence-electron chi connectivity index (χ4n) is 2.63. The Morgan fingerprint density at radius 1 is 1.44 bits per heavy atom. The van der Waals surface area contributed by atoms with E-state index in [1.807, 2.05) is 0 Å². The molecule has 1 saturated carbocycles. The van der Waals surface area contributed by atoms with Crippen molar-refractivity contribution in [2.45, 2.75) is 30.5 Å². The number of carbonyl (C=O) groups excluding carboxylic acids is 1. The van der Waals surface area contributed by atoms with Crippen LogP contribution in [0.4, 0.5) is 4.39 Å². The lowest BCUT2D eigenvalue weighted by molar-refractivity contribution is -0.119. The molecule has 1 amide bonds. The molecular weight excluding hydrogens is 341 g/mol. The predicted octanol–water partition coefficient (Wildman–Crippen LogP) is 2.52. The number of aromatic nitrogens is 3. The maximum Gasteiger partial charge on any atom is 0.231 e. The standard InChI is InChI=1S/C17H18FN5OS/c1-17(10-19,12-5-6-12)20-14(24)9-25-16-22-21-15(23(16)2)11-3-7-13(18)8-4-11/h3-4,7-8,12H,5-6,9H2,1-2H3,(H,20,24). The third-order valence-corrected chi connectivity index (χ3v) is 5.32. The van der Waals surface area contributed by atoms with Crippen molar-refractivity contribution >= 4 is 17.7 Å². The van der Waals surface area contributed by atoms with Crippen LogP contribution in [0.3, 0.4) is 0 Å². The van der Waals surface area contributed by atoms with Gasteiger partial charge < -0.3 is 9.88 Å². The monoisotopic (exact) mass is 359 g/mol. The summed E-state index contributed by atoms with van der Waals surface area (Å²) >= 11 is 1.25. The highest BCUT2D eigenvalue weighted by Gasteiger charge is 2.42. The fourth-order valence-corrected chi connectivity index (χ4v) is 3.34. The molecule has 2 aromatic rings. The predicted molar refractivity (Wildman–Crippen MR) is 92.0 cm³/mol. The van der Waals surface area contributed by atoms with Crippen molar-refractivity contribution in [2.24, 2.45) is 13.0 Å². The van der Waals surface area contributed by atoms with Crippen LogP contribution in [0.2, 0.25) is 0 Å². The molecule has 1 heterocycles. The summed E-state index contributed by atoms with van der Waals surface area (Å²) in [6.45, 7) is 1.77. The summed E-state index contributed by atoms with van der Waals surface area (Å²) in [6, 6.07) is 8.20. The summed E-state index contributed by atoms with van der Waals surface area (Å²) in [7, 11) is 1.79. The summed E-state index contributed by atoms with van der Waals surface area (Å²) in [5.74, 6) is 0.481. The highest BCUT2D eigenvalue weighted by Crippen LogP contribution is 2.39. The number of hydrogen-bond acceptors (Lipinski definition) is 5. The van der Waals surface area contributed by atoms with Crippen molar-refractivity contribution in [3.63, 3.8) is 0 Å². The molecule has 1 aromatic heterocycles. The van der Waals surface area contributed by atoms with Crippen molar-refractivity contribution in [1.82, 2.24) is 20.1 Å². The normalized spacial score (nSPS) is 16.1. The maximum absolute atomic E-state index is 13.0. The van der Waals surface area contributed by atoms with Gasteiger partial charge in [0.15, 0.2) is 11.0 Å². The molecule has 130 valence electrons. The Bertz CT molecular complexity index is 825. The van der Waals surface area contributed by atoms with Gasteiger partial charge in [-0.25, -0.2) is 4.39 Å². The van der Waals surface area contributed by atoms with Crippen molar-refractivity contribution in [2.75, 3.05) is 5.75 Å². The summed E-state index contributed by atoms with van der Waals surface area (Å²) in [6.07, 6.45) is 1.95. The van der Waals surface area contributed by atoms with Crippen LogP contribution in [-0.4, -0.2) is 32.0 Å². The molecule has 1 aliphatic carbocycles. The van der Waals surface area contributed by atoms with Crippen LogP contribution >= 0.6 is 11.8 Å². The van der Waals surface area contributed by atoms with Gasteiger partial charge >= 0.3 is 0 Å². The van der Waals surface area contributed by atoms with Crippen LogP contribution in [0.5, 0.6) is 0 Å². The van der Waals surface area contributed by atoms with Crippen LogP contribution in [-0.2, 0) is 11.8 Å². The number of nitriles is 1. The third-order valence-electron chi connectivity index (χ3n) is 4.29. The number of halogens is 1. The molecule has 0 spiro atoms. The Hall–Kier alpha value is -2.40. The Morgan fingerprint density at radius 2 is 2.12 bits per heavy atom. The molecule has 0 aliphatic heterocycles. The lowest BCUT2D eigenvalue weighted by Crippen LogP contribution is -2.47.